The fourth-order valence-corrected chi connectivity index (χ4v) is 0.994. The van der Waals surface area contributed by atoms with E-state index in [1.807, 2.05) is 0 Å². The summed E-state index contributed by atoms with van der Waals surface area (Å²) in [5, 5.41) is 11.1. The molecule has 1 rings (SSSR count). The van der Waals surface area contributed by atoms with E-state index in [0.717, 1.165) is 4.90 Å². The molecule has 11 heavy (non-hydrogen) atoms. The third-order valence-corrected chi connectivity index (χ3v) is 1.69. The Balaban J connectivity index is 2.61. The monoisotopic (exact) mass is 158 g/mol. The van der Waals surface area contributed by atoms with Crippen LogP contribution in [-0.2, 0) is 4.79 Å². The van der Waals surface area contributed by atoms with Gasteiger partial charge in [-0.15, -0.1) is 0 Å². The topological polar surface area (TPSA) is 69.6 Å². The number of hydrogen-bond donors (Lipinski definition) is 2. The summed E-state index contributed by atoms with van der Waals surface area (Å²) in [7, 11) is 0. The fourth-order valence-electron chi connectivity index (χ4n) is 0.994. The van der Waals surface area contributed by atoms with Crippen molar-refractivity contribution in [2.75, 3.05) is 13.1 Å². The molecule has 1 saturated heterocycles. The van der Waals surface area contributed by atoms with Gasteiger partial charge in [0.15, 0.2) is 0 Å². The lowest BCUT2D eigenvalue weighted by Gasteiger charge is -2.30. The molecule has 1 fully saturated rings. The molecular formula is C6H10N2O3. The lowest BCUT2D eigenvalue weighted by molar-refractivity contribution is -0.124. The molecule has 0 radical (unpaired) electrons. The van der Waals surface area contributed by atoms with Gasteiger partial charge >= 0.3 is 6.09 Å². The van der Waals surface area contributed by atoms with E-state index in [1.54, 1.807) is 6.92 Å². The average Bonchev–Trinajstić information content (AvgIpc) is 1.94. The Morgan fingerprint density at radius 1 is 1.82 bits per heavy atom. The molecular weight excluding hydrogens is 148 g/mol. The van der Waals surface area contributed by atoms with Gasteiger partial charge in [-0.2, -0.15) is 0 Å². The van der Waals surface area contributed by atoms with E-state index < -0.39 is 6.09 Å². The summed E-state index contributed by atoms with van der Waals surface area (Å²) in [5.74, 6) is -0.231. The summed E-state index contributed by atoms with van der Waals surface area (Å²) in [6, 6.07) is -0.120. The number of carbonyl (C=O) groups excluding carboxylic acids is 1. The van der Waals surface area contributed by atoms with Crippen LogP contribution in [-0.4, -0.2) is 41.1 Å². The van der Waals surface area contributed by atoms with E-state index in [-0.39, 0.29) is 18.5 Å². The summed E-state index contributed by atoms with van der Waals surface area (Å²) in [6.07, 6.45) is -1.03. The van der Waals surface area contributed by atoms with Gasteiger partial charge in [0.1, 0.15) is 6.54 Å². The van der Waals surface area contributed by atoms with Crippen molar-refractivity contribution >= 4 is 12.0 Å². The highest BCUT2D eigenvalue weighted by atomic mass is 16.4. The first-order valence-corrected chi connectivity index (χ1v) is 3.37. The van der Waals surface area contributed by atoms with Crippen LogP contribution in [0.3, 0.4) is 0 Å². The van der Waals surface area contributed by atoms with Gasteiger partial charge in [0.2, 0.25) is 5.91 Å². The molecule has 0 aromatic rings. The maximum absolute atomic E-state index is 10.7. The minimum absolute atomic E-state index is 0.0451. The van der Waals surface area contributed by atoms with Crippen LogP contribution in [0.15, 0.2) is 0 Å². The van der Waals surface area contributed by atoms with E-state index in [2.05, 4.69) is 5.32 Å². The Hall–Kier alpha value is -1.26. The predicted octanol–water partition coefficient (Wildman–Crippen LogP) is -0.515. The highest BCUT2D eigenvalue weighted by Crippen LogP contribution is 2.02. The largest absolute Gasteiger partial charge is 0.465 e. The molecule has 0 aliphatic carbocycles. The van der Waals surface area contributed by atoms with Gasteiger partial charge in [-0.05, 0) is 6.92 Å². The first-order valence-electron chi connectivity index (χ1n) is 3.37. The van der Waals surface area contributed by atoms with Crippen molar-refractivity contribution in [3.8, 4) is 0 Å². The summed E-state index contributed by atoms with van der Waals surface area (Å²) in [6.45, 7) is 2.12. The van der Waals surface area contributed by atoms with E-state index in [0.29, 0.717) is 6.54 Å². The lowest BCUT2D eigenvalue weighted by Crippen LogP contribution is -2.54. The zero-order valence-electron chi connectivity index (χ0n) is 6.20. The SMILES string of the molecule is C[C@H]1CNC(=O)CN1C(=O)O. The molecule has 2 N–H and O–H groups in total. The highest BCUT2D eigenvalue weighted by Gasteiger charge is 2.26. The van der Waals surface area contributed by atoms with Crippen LogP contribution >= 0.6 is 0 Å². The summed E-state index contributed by atoms with van der Waals surface area (Å²) in [4.78, 5) is 22.3. The maximum Gasteiger partial charge on any atom is 0.408 e. The molecule has 0 bridgehead atoms. The van der Waals surface area contributed by atoms with Crippen LogP contribution in [0.1, 0.15) is 6.92 Å². The van der Waals surface area contributed by atoms with Crippen LogP contribution in [0.5, 0.6) is 0 Å². The summed E-state index contributed by atoms with van der Waals surface area (Å²) >= 11 is 0. The van der Waals surface area contributed by atoms with Gasteiger partial charge in [-0.3, -0.25) is 9.69 Å². The Morgan fingerprint density at radius 3 is 2.91 bits per heavy atom. The summed E-state index contributed by atoms with van der Waals surface area (Å²) < 4.78 is 0. The number of nitrogens with zero attached hydrogens (tertiary/aromatic N) is 1. The normalized spacial score (nSPS) is 24.6. The van der Waals surface area contributed by atoms with Gasteiger partial charge in [0.05, 0.1) is 6.04 Å². The van der Waals surface area contributed by atoms with E-state index >= 15 is 0 Å². The molecule has 1 aliphatic heterocycles. The Morgan fingerprint density at radius 2 is 2.45 bits per heavy atom. The smallest absolute Gasteiger partial charge is 0.408 e. The average molecular weight is 158 g/mol. The van der Waals surface area contributed by atoms with Gasteiger partial charge < -0.3 is 10.4 Å². The second-order valence-corrected chi connectivity index (χ2v) is 2.56. The molecule has 1 aliphatic rings. The van der Waals surface area contributed by atoms with Crippen LogP contribution < -0.4 is 5.32 Å². The Bertz CT molecular complexity index is 192. The number of piperazine rings is 1. The van der Waals surface area contributed by atoms with Crippen molar-refractivity contribution in [1.82, 2.24) is 10.2 Å². The molecule has 2 amide bonds. The highest BCUT2D eigenvalue weighted by molar-refractivity contribution is 5.83. The van der Waals surface area contributed by atoms with Crippen molar-refractivity contribution < 1.29 is 14.7 Å². The van der Waals surface area contributed by atoms with Crippen LogP contribution in [0.2, 0.25) is 0 Å². The molecule has 0 aromatic carbocycles. The second kappa shape index (κ2) is 2.77. The zero-order valence-corrected chi connectivity index (χ0v) is 6.20. The van der Waals surface area contributed by atoms with Crippen molar-refractivity contribution in [3.05, 3.63) is 0 Å². The number of rotatable bonds is 0. The molecule has 5 nitrogen and oxygen atoms in total. The number of amides is 2. The van der Waals surface area contributed by atoms with Crippen molar-refractivity contribution in [2.45, 2.75) is 13.0 Å². The molecule has 0 spiro atoms. The first-order chi connectivity index (χ1) is 5.11. The minimum atomic E-state index is -1.03. The van der Waals surface area contributed by atoms with Gasteiger partial charge in [0.25, 0.3) is 0 Å². The molecule has 62 valence electrons. The van der Waals surface area contributed by atoms with Crippen LogP contribution in [0, 0.1) is 0 Å². The molecule has 0 unspecified atom stereocenters. The zero-order chi connectivity index (χ0) is 8.43. The van der Waals surface area contributed by atoms with Crippen molar-refractivity contribution in [3.63, 3.8) is 0 Å². The lowest BCUT2D eigenvalue weighted by atomic mass is 10.2. The van der Waals surface area contributed by atoms with E-state index in [4.69, 9.17) is 5.11 Å². The maximum atomic E-state index is 10.7. The number of nitrogens with one attached hydrogen (secondary N) is 1. The third kappa shape index (κ3) is 1.60. The van der Waals surface area contributed by atoms with Gasteiger partial charge in [0, 0.05) is 6.54 Å². The van der Waals surface area contributed by atoms with Crippen molar-refractivity contribution in [2.24, 2.45) is 0 Å². The summed E-state index contributed by atoms with van der Waals surface area (Å²) in [5.41, 5.74) is 0. The number of carbonyl (C=O) groups is 2. The van der Waals surface area contributed by atoms with E-state index in [9.17, 15) is 9.59 Å². The molecule has 0 aromatic heterocycles. The first kappa shape index (κ1) is 7.84. The molecule has 0 saturated carbocycles. The molecule has 1 heterocycles. The number of carboxylic acid groups (broad SMARTS) is 1. The van der Waals surface area contributed by atoms with E-state index in [1.165, 1.54) is 0 Å². The van der Waals surface area contributed by atoms with Crippen LogP contribution in [0.4, 0.5) is 4.79 Å². The molecule has 1 atom stereocenters. The quantitative estimate of drug-likeness (QED) is 0.498. The van der Waals surface area contributed by atoms with Gasteiger partial charge in [-0.25, -0.2) is 4.79 Å². The van der Waals surface area contributed by atoms with Gasteiger partial charge in [-0.1, -0.05) is 0 Å². The minimum Gasteiger partial charge on any atom is -0.465 e. The number of hydrogen-bond acceptors (Lipinski definition) is 2. The Kier molecular flexibility index (Phi) is 1.98. The predicted molar refractivity (Wildman–Crippen MR) is 37.2 cm³/mol. The van der Waals surface area contributed by atoms with Crippen molar-refractivity contribution in [1.29, 1.82) is 0 Å². The second-order valence-electron chi connectivity index (χ2n) is 2.56. The van der Waals surface area contributed by atoms with Crippen LogP contribution in [0.25, 0.3) is 0 Å². The molecule has 5 heteroatoms. The fraction of sp³-hybridized carbons (Fsp3) is 0.667. The third-order valence-electron chi connectivity index (χ3n) is 1.69. The standard InChI is InChI=1S/C6H10N2O3/c1-4-2-7-5(9)3-8(4)6(10)11/h4H,2-3H2,1H3,(H,7,9)(H,10,11)/t4-/m0/s1. The Labute approximate surface area is 64.0 Å².